The summed E-state index contributed by atoms with van der Waals surface area (Å²) >= 11 is 0. The number of carbonyl (C=O) groups is 5. The summed E-state index contributed by atoms with van der Waals surface area (Å²) in [6.07, 6.45) is -0.325. The molecule has 11 heteroatoms. The molecule has 2 aliphatic heterocycles. The Morgan fingerprint density at radius 2 is 2.00 bits per heavy atom. The first kappa shape index (κ1) is 21.5. The Bertz CT molecular complexity index is 1030. The van der Waals surface area contributed by atoms with Gasteiger partial charge in [-0.1, -0.05) is 12.6 Å². The molecule has 0 radical (unpaired) electrons. The number of piperidine rings is 1. The SMILES string of the molecule is C=C[S+](=O)([O-])CCC(=O)Nc1cccc2c1C(=O)N(C1CCC(=O)N(C)C1=O)C2=O. The van der Waals surface area contributed by atoms with Crippen LogP contribution in [0.4, 0.5) is 5.69 Å². The monoisotopic (exact) mass is 433 g/mol. The van der Waals surface area contributed by atoms with Crippen LogP contribution in [-0.2, 0) is 28.8 Å². The van der Waals surface area contributed by atoms with Crippen molar-refractivity contribution >= 4 is 45.4 Å². The van der Waals surface area contributed by atoms with Gasteiger partial charge in [0.25, 0.3) is 17.7 Å². The van der Waals surface area contributed by atoms with E-state index in [1.165, 1.54) is 25.2 Å². The Balaban J connectivity index is 1.84. The minimum Gasteiger partial charge on any atom is -0.611 e. The molecule has 0 aromatic heterocycles. The van der Waals surface area contributed by atoms with Crippen molar-refractivity contribution in [1.82, 2.24) is 9.80 Å². The molecule has 0 spiro atoms. The molecule has 5 amide bonds. The minimum atomic E-state index is -3.57. The van der Waals surface area contributed by atoms with Crippen molar-refractivity contribution in [2.24, 2.45) is 0 Å². The Morgan fingerprint density at radius 1 is 1.30 bits per heavy atom. The Morgan fingerprint density at radius 3 is 2.67 bits per heavy atom. The molecule has 1 saturated heterocycles. The van der Waals surface area contributed by atoms with E-state index < -0.39 is 51.5 Å². The van der Waals surface area contributed by atoms with Gasteiger partial charge in [-0.05, 0) is 18.6 Å². The number of carbonyl (C=O) groups excluding carboxylic acids is 5. The van der Waals surface area contributed by atoms with Crippen molar-refractivity contribution in [3.8, 4) is 0 Å². The van der Waals surface area contributed by atoms with Crippen molar-refractivity contribution in [3.63, 3.8) is 0 Å². The quantitative estimate of drug-likeness (QED) is 0.509. The first-order valence-corrected chi connectivity index (χ1v) is 10.7. The Kier molecular flexibility index (Phi) is 5.68. The summed E-state index contributed by atoms with van der Waals surface area (Å²) in [7, 11) is -2.28. The summed E-state index contributed by atoms with van der Waals surface area (Å²) < 4.78 is 22.9. The number of sulfone groups is 1. The third-order valence-corrected chi connectivity index (χ3v) is 6.30. The van der Waals surface area contributed by atoms with Crippen LogP contribution in [-0.4, -0.2) is 62.7 Å². The number of hydrogen-bond donors (Lipinski definition) is 1. The molecule has 158 valence electrons. The lowest BCUT2D eigenvalue weighted by Gasteiger charge is -2.32. The van der Waals surface area contributed by atoms with E-state index in [0.717, 1.165) is 15.2 Å². The second-order valence-corrected chi connectivity index (χ2v) is 8.95. The van der Waals surface area contributed by atoms with E-state index in [9.17, 15) is 32.7 Å². The molecule has 10 nitrogen and oxygen atoms in total. The number of amides is 5. The zero-order valence-electron chi connectivity index (χ0n) is 16.1. The van der Waals surface area contributed by atoms with Gasteiger partial charge in [0.15, 0.2) is 0 Å². The van der Waals surface area contributed by atoms with E-state index in [0.29, 0.717) is 0 Å². The van der Waals surface area contributed by atoms with Crippen molar-refractivity contribution in [3.05, 3.63) is 41.3 Å². The molecule has 0 saturated carbocycles. The fourth-order valence-electron chi connectivity index (χ4n) is 3.36. The van der Waals surface area contributed by atoms with Gasteiger partial charge in [-0.15, -0.1) is 4.21 Å². The minimum absolute atomic E-state index is 0.0156. The van der Waals surface area contributed by atoms with E-state index in [4.69, 9.17) is 0 Å². The topological polar surface area (TPSA) is 144 Å². The van der Waals surface area contributed by atoms with Crippen LogP contribution in [0.5, 0.6) is 0 Å². The second-order valence-electron chi connectivity index (χ2n) is 6.89. The number of likely N-dealkylation sites (tertiary alicyclic amines) is 1. The van der Waals surface area contributed by atoms with Crippen molar-refractivity contribution in [1.29, 1.82) is 0 Å². The lowest BCUT2D eigenvalue weighted by molar-refractivity contribution is -0.149. The molecule has 2 atom stereocenters. The lowest BCUT2D eigenvalue weighted by Crippen LogP contribution is -2.54. The van der Waals surface area contributed by atoms with Crippen LogP contribution in [0.25, 0.3) is 0 Å². The number of fused-ring (bicyclic) bond motifs is 1. The fourth-order valence-corrected chi connectivity index (χ4v) is 4.00. The van der Waals surface area contributed by atoms with Gasteiger partial charge in [0.05, 0.1) is 33.4 Å². The van der Waals surface area contributed by atoms with Gasteiger partial charge >= 0.3 is 0 Å². The number of hydrogen-bond acceptors (Lipinski definition) is 7. The molecule has 0 aliphatic carbocycles. The molecule has 2 unspecified atom stereocenters. The first-order valence-electron chi connectivity index (χ1n) is 9.03. The Hall–Kier alpha value is -3.18. The lowest BCUT2D eigenvalue weighted by atomic mass is 10.0. The van der Waals surface area contributed by atoms with Gasteiger partial charge in [0, 0.05) is 13.5 Å². The average molecular weight is 433 g/mol. The summed E-state index contributed by atoms with van der Waals surface area (Å²) in [5.74, 6) is -3.61. The van der Waals surface area contributed by atoms with E-state index in [1.807, 2.05) is 0 Å². The van der Waals surface area contributed by atoms with Crippen molar-refractivity contribution in [2.45, 2.75) is 25.3 Å². The molecule has 30 heavy (non-hydrogen) atoms. The van der Waals surface area contributed by atoms with E-state index in [-0.39, 0.29) is 36.1 Å². The highest BCUT2D eigenvalue weighted by Crippen LogP contribution is 2.33. The molecule has 1 fully saturated rings. The number of imide groups is 2. The summed E-state index contributed by atoms with van der Waals surface area (Å²) in [6, 6.07) is 3.16. The molecule has 0 bridgehead atoms. The van der Waals surface area contributed by atoms with Gasteiger partial charge in [0.1, 0.15) is 17.2 Å². The summed E-state index contributed by atoms with van der Waals surface area (Å²) in [6.45, 7) is 3.17. The molecular weight excluding hydrogens is 414 g/mol. The number of nitrogens with zero attached hydrogens (tertiary/aromatic N) is 2. The van der Waals surface area contributed by atoms with Gasteiger partial charge < -0.3 is 9.87 Å². The second kappa shape index (κ2) is 7.92. The van der Waals surface area contributed by atoms with Gasteiger partial charge in [-0.3, -0.25) is 33.8 Å². The molecular formula is C19H19N3O7S. The van der Waals surface area contributed by atoms with E-state index >= 15 is 0 Å². The number of rotatable bonds is 6. The van der Waals surface area contributed by atoms with Crippen LogP contribution in [0.1, 0.15) is 40.0 Å². The highest BCUT2D eigenvalue weighted by Gasteiger charge is 2.47. The normalized spacial score (nSPS) is 20.8. The van der Waals surface area contributed by atoms with Gasteiger partial charge in [-0.25, -0.2) is 0 Å². The molecule has 2 aliphatic rings. The fraction of sp³-hybridized carbons (Fsp3) is 0.316. The van der Waals surface area contributed by atoms with Crippen LogP contribution in [0.15, 0.2) is 30.2 Å². The number of nitrogens with one attached hydrogen (secondary N) is 1. The molecule has 2 heterocycles. The molecule has 3 rings (SSSR count). The Labute approximate surface area is 173 Å². The molecule has 1 aromatic rings. The summed E-state index contributed by atoms with van der Waals surface area (Å²) in [4.78, 5) is 63.8. The third-order valence-electron chi connectivity index (χ3n) is 5.02. The molecule has 1 aromatic carbocycles. The van der Waals surface area contributed by atoms with E-state index in [1.54, 1.807) is 0 Å². The highest BCUT2D eigenvalue weighted by molar-refractivity contribution is 8.00. The predicted octanol–water partition coefficient (Wildman–Crippen LogP) is 0.532. The largest absolute Gasteiger partial charge is 0.611 e. The van der Waals surface area contributed by atoms with Crippen molar-refractivity contribution < 1.29 is 32.7 Å². The predicted molar refractivity (Wildman–Crippen MR) is 105 cm³/mol. The van der Waals surface area contributed by atoms with E-state index in [2.05, 4.69) is 11.9 Å². The number of anilines is 1. The maximum Gasteiger partial charge on any atom is 0.264 e. The van der Waals surface area contributed by atoms with Crippen LogP contribution in [0.2, 0.25) is 0 Å². The van der Waals surface area contributed by atoms with Crippen LogP contribution < -0.4 is 5.32 Å². The zero-order valence-corrected chi connectivity index (χ0v) is 16.9. The third kappa shape index (κ3) is 3.81. The van der Waals surface area contributed by atoms with Crippen LogP contribution in [0, 0.1) is 0 Å². The summed E-state index contributed by atoms with van der Waals surface area (Å²) in [5.41, 5.74) is -0.0133. The van der Waals surface area contributed by atoms with Crippen LogP contribution in [0.3, 0.4) is 0 Å². The highest BCUT2D eigenvalue weighted by atomic mass is 32.3. The van der Waals surface area contributed by atoms with Crippen LogP contribution >= 0.6 is 0 Å². The first-order chi connectivity index (χ1) is 14.1. The smallest absolute Gasteiger partial charge is 0.264 e. The maximum atomic E-state index is 13.0. The summed E-state index contributed by atoms with van der Waals surface area (Å²) in [5, 5.41) is 3.21. The van der Waals surface area contributed by atoms with Crippen molar-refractivity contribution in [2.75, 3.05) is 18.1 Å². The zero-order chi connectivity index (χ0) is 22.2. The van der Waals surface area contributed by atoms with Gasteiger partial charge in [0.2, 0.25) is 11.8 Å². The number of benzene rings is 1. The molecule has 1 N–H and O–H groups in total. The maximum absolute atomic E-state index is 13.0. The number of likely N-dealkylation sites (N-methyl/N-ethyl adjacent to an activating group) is 1. The van der Waals surface area contributed by atoms with Gasteiger partial charge in [-0.2, -0.15) is 0 Å². The average Bonchev–Trinajstić information content (AvgIpc) is 2.96. The standard InChI is InChI=1S/C19H19N3O7S/c1-3-30(28,29)10-9-14(23)20-12-6-4-5-11-16(12)19(27)22(17(11)25)13-7-8-15(24)21(2)18(13)26/h3-6,13H,1,7-10H2,2H3,(H-,20,23,27,28,29).